The Morgan fingerprint density at radius 1 is 1.11 bits per heavy atom. The summed E-state index contributed by atoms with van der Waals surface area (Å²) in [7, 11) is 0. The summed E-state index contributed by atoms with van der Waals surface area (Å²) in [4.78, 5) is 24.8. The number of pyridine rings is 1. The van der Waals surface area contributed by atoms with Crippen LogP contribution in [0.4, 0.5) is 4.39 Å². The molecule has 2 aromatic heterocycles. The second-order valence-corrected chi connectivity index (χ2v) is 5.80. The molecule has 3 aromatic rings. The molecule has 27 heavy (non-hydrogen) atoms. The predicted octanol–water partition coefficient (Wildman–Crippen LogP) is 2.94. The number of carbonyl (C=O) groups excluding carboxylic acids is 1. The molecule has 0 atom stereocenters. The van der Waals surface area contributed by atoms with E-state index in [0.29, 0.717) is 24.7 Å². The highest BCUT2D eigenvalue weighted by molar-refractivity contribution is 5.77. The van der Waals surface area contributed by atoms with E-state index in [4.69, 9.17) is 4.74 Å². The SMILES string of the molecule is CCc1cc(OCC(=O)NCc2ccc(F)cc2)nc(-c2ccncc2)n1. The van der Waals surface area contributed by atoms with Crippen molar-refractivity contribution in [2.75, 3.05) is 6.61 Å². The van der Waals surface area contributed by atoms with Crippen molar-refractivity contribution in [3.63, 3.8) is 0 Å². The van der Waals surface area contributed by atoms with E-state index in [0.717, 1.165) is 16.8 Å². The first-order valence-corrected chi connectivity index (χ1v) is 8.56. The van der Waals surface area contributed by atoms with Crippen LogP contribution in [0.25, 0.3) is 11.4 Å². The number of nitrogens with one attached hydrogen (secondary N) is 1. The number of hydrogen-bond acceptors (Lipinski definition) is 5. The average molecular weight is 366 g/mol. The fraction of sp³-hybridized carbons (Fsp3) is 0.200. The number of ether oxygens (including phenoxy) is 1. The van der Waals surface area contributed by atoms with Gasteiger partial charge in [0.15, 0.2) is 12.4 Å². The lowest BCUT2D eigenvalue weighted by Gasteiger charge is -2.09. The summed E-state index contributed by atoms with van der Waals surface area (Å²) in [6.45, 7) is 2.11. The van der Waals surface area contributed by atoms with Gasteiger partial charge in [-0.2, -0.15) is 4.98 Å². The van der Waals surface area contributed by atoms with Crippen molar-refractivity contribution in [2.24, 2.45) is 0 Å². The van der Waals surface area contributed by atoms with Gasteiger partial charge in [-0.1, -0.05) is 19.1 Å². The van der Waals surface area contributed by atoms with Crippen LogP contribution >= 0.6 is 0 Å². The monoisotopic (exact) mass is 366 g/mol. The number of nitrogens with zero attached hydrogens (tertiary/aromatic N) is 3. The molecule has 0 aliphatic rings. The van der Waals surface area contributed by atoms with E-state index < -0.39 is 0 Å². The van der Waals surface area contributed by atoms with Gasteiger partial charge in [0.2, 0.25) is 5.88 Å². The number of benzene rings is 1. The lowest BCUT2D eigenvalue weighted by molar-refractivity contribution is -0.123. The molecule has 3 rings (SSSR count). The number of aromatic nitrogens is 3. The van der Waals surface area contributed by atoms with Crippen molar-refractivity contribution in [3.05, 3.63) is 71.9 Å². The number of halogens is 1. The first kappa shape index (κ1) is 18.4. The van der Waals surface area contributed by atoms with Crippen LogP contribution in [0.3, 0.4) is 0 Å². The van der Waals surface area contributed by atoms with Gasteiger partial charge >= 0.3 is 0 Å². The van der Waals surface area contributed by atoms with Gasteiger partial charge in [-0.3, -0.25) is 9.78 Å². The van der Waals surface area contributed by atoms with Gasteiger partial charge in [0.25, 0.3) is 5.91 Å². The van der Waals surface area contributed by atoms with E-state index in [1.807, 2.05) is 19.1 Å². The van der Waals surface area contributed by atoms with Crippen molar-refractivity contribution in [2.45, 2.75) is 19.9 Å². The molecule has 138 valence electrons. The van der Waals surface area contributed by atoms with E-state index in [2.05, 4.69) is 20.3 Å². The smallest absolute Gasteiger partial charge is 0.258 e. The topological polar surface area (TPSA) is 77.0 Å². The molecule has 6 nitrogen and oxygen atoms in total. The Balaban J connectivity index is 1.61. The van der Waals surface area contributed by atoms with Gasteiger partial charge in [0.05, 0.1) is 0 Å². The van der Waals surface area contributed by atoms with Gasteiger partial charge in [-0.15, -0.1) is 0 Å². The van der Waals surface area contributed by atoms with Crippen molar-refractivity contribution in [1.82, 2.24) is 20.3 Å². The molecule has 0 saturated heterocycles. The molecular formula is C20H19FN4O2. The van der Waals surface area contributed by atoms with Gasteiger partial charge < -0.3 is 10.1 Å². The quantitative estimate of drug-likeness (QED) is 0.696. The Bertz CT molecular complexity index is 902. The van der Waals surface area contributed by atoms with Crippen LogP contribution in [-0.4, -0.2) is 27.5 Å². The first-order valence-electron chi connectivity index (χ1n) is 8.56. The minimum Gasteiger partial charge on any atom is -0.467 e. The summed E-state index contributed by atoms with van der Waals surface area (Å²) in [5.41, 5.74) is 2.45. The molecule has 0 unspecified atom stereocenters. The van der Waals surface area contributed by atoms with Crippen LogP contribution in [0.1, 0.15) is 18.2 Å². The van der Waals surface area contributed by atoms with Gasteiger partial charge in [0.1, 0.15) is 5.82 Å². The molecule has 1 aromatic carbocycles. The number of carbonyl (C=O) groups is 1. The summed E-state index contributed by atoms with van der Waals surface area (Å²) in [6, 6.07) is 11.3. The average Bonchev–Trinajstić information content (AvgIpc) is 2.72. The highest BCUT2D eigenvalue weighted by Crippen LogP contribution is 2.18. The zero-order valence-corrected chi connectivity index (χ0v) is 14.9. The summed E-state index contributed by atoms with van der Waals surface area (Å²) in [6.07, 6.45) is 4.05. The zero-order chi connectivity index (χ0) is 19.1. The summed E-state index contributed by atoms with van der Waals surface area (Å²) in [5.74, 6) is 0.263. The third-order valence-electron chi connectivity index (χ3n) is 3.81. The molecule has 0 bridgehead atoms. The summed E-state index contributed by atoms with van der Waals surface area (Å²) < 4.78 is 18.4. The Hall–Kier alpha value is -3.35. The molecular weight excluding hydrogens is 347 g/mol. The molecule has 1 N–H and O–H groups in total. The van der Waals surface area contributed by atoms with Gasteiger partial charge in [0, 0.05) is 36.3 Å². The number of amides is 1. The van der Waals surface area contributed by atoms with Crippen LogP contribution in [0.15, 0.2) is 54.9 Å². The van der Waals surface area contributed by atoms with Crippen LogP contribution < -0.4 is 10.1 Å². The van der Waals surface area contributed by atoms with E-state index in [1.165, 1.54) is 12.1 Å². The summed E-state index contributed by atoms with van der Waals surface area (Å²) >= 11 is 0. The second-order valence-electron chi connectivity index (χ2n) is 5.80. The molecule has 0 aliphatic heterocycles. The van der Waals surface area contributed by atoms with Crippen molar-refractivity contribution >= 4 is 5.91 Å². The van der Waals surface area contributed by atoms with Gasteiger partial charge in [-0.25, -0.2) is 9.37 Å². The van der Waals surface area contributed by atoms with Crippen molar-refractivity contribution < 1.29 is 13.9 Å². The van der Waals surface area contributed by atoms with Crippen LogP contribution in [-0.2, 0) is 17.8 Å². The minimum absolute atomic E-state index is 0.169. The lowest BCUT2D eigenvalue weighted by atomic mass is 10.2. The lowest BCUT2D eigenvalue weighted by Crippen LogP contribution is -2.28. The predicted molar refractivity (Wildman–Crippen MR) is 98.4 cm³/mol. The minimum atomic E-state index is -0.311. The normalized spacial score (nSPS) is 10.4. The Morgan fingerprint density at radius 3 is 2.56 bits per heavy atom. The Labute approximate surface area is 156 Å². The van der Waals surface area contributed by atoms with Crippen molar-refractivity contribution in [3.8, 4) is 17.3 Å². The third-order valence-corrected chi connectivity index (χ3v) is 3.81. The molecule has 1 amide bonds. The molecule has 0 aliphatic carbocycles. The Kier molecular flexibility index (Phi) is 6.04. The van der Waals surface area contributed by atoms with E-state index >= 15 is 0 Å². The maximum Gasteiger partial charge on any atom is 0.258 e. The molecule has 2 heterocycles. The Morgan fingerprint density at radius 2 is 1.85 bits per heavy atom. The maximum atomic E-state index is 12.9. The fourth-order valence-electron chi connectivity index (χ4n) is 2.35. The maximum absolute atomic E-state index is 12.9. The fourth-order valence-corrected chi connectivity index (χ4v) is 2.35. The van der Waals surface area contributed by atoms with Crippen LogP contribution in [0, 0.1) is 5.82 Å². The first-order chi connectivity index (χ1) is 13.1. The molecule has 0 saturated carbocycles. The number of aryl methyl sites for hydroxylation is 1. The zero-order valence-electron chi connectivity index (χ0n) is 14.9. The summed E-state index contributed by atoms with van der Waals surface area (Å²) in [5, 5.41) is 2.73. The molecule has 0 fully saturated rings. The van der Waals surface area contributed by atoms with Crippen molar-refractivity contribution in [1.29, 1.82) is 0 Å². The van der Waals surface area contributed by atoms with Crippen LogP contribution in [0.5, 0.6) is 5.88 Å². The number of hydrogen-bond donors (Lipinski definition) is 1. The van der Waals surface area contributed by atoms with E-state index in [1.54, 1.807) is 30.6 Å². The van der Waals surface area contributed by atoms with Gasteiger partial charge in [-0.05, 0) is 36.2 Å². The highest BCUT2D eigenvalue weighted by atomic mass is 19.1. The standard InChI is InChI=1S/C20H19FN4O2/c1-2-17-11-19(25-20(24-17)15-7-9-22-10-8-15)27-13-18(26)23-12-14-3-5-16(21)6-4-14/h3-11H,2,12-13H2,1H3,(H,23,26). The molecule has 0 spiro atoms. The second kappa shape index (κ2) is 8.84. The van der Waals surface area contributed by atoms with Crippen LogP contribution in [0.2, 0.25) is 0 Å². The van der Waals surface area contributed by atoms with E-state index in [-0.39, 0.29) is 18.3 Å². The third kappa shape index (κ3) is 5.31. The van der Waals surface area contributed by atoms with E-state index in [9.17, 15) is 9.18 Å². The largest absolute Gasteiger partial charge is 0.467 e. The molecule has 7 heteroatoms. The highest BCUT2D eigenvalue weighted by Gasteiger charge is 2.09. The molecule has 0 radical (unpaired) electrons. The number of rotatable bonds is 7.